The molecule has 0 aliphatic heterocycles. The Hall–Kier alpha value is -0.400. The van der Waals surface area contributed by atoms with Crippen molar-refractivity contribution >= 4 is 33.0 Å². The van der Waals surface area contributed by atoms with Crippen LogP contribution < -0.4 is 10.5 Å². The summed E-state index contributed by atoms with van der Waals surface area (Å²) in [7, 11) is -3.48. The van der Waals surface area contributed by atoms with Crippen LogP contribution in [0.1, 0.15) is 4.88 Å². The Morgan fingerprint density at radius 3 is 2.73 bits per heavy atom. The van der Waals surface area contributed by atoms with Crippen LogP contribution in [0, 0.1) is 0 Å². The molecule has 0 aliphatic rings. The van der Waals surface area contributed by atoms with Gasteiger partial charge in [0.05, 0.1) is 0 Å². The molecule has 0 aliphatic carbocycles. The van der Waals surface area contributed by atoms with Gasteiger partial charge in [-0.3, -0.25) is 0 Å². The van der Waals surface area contributed by atoms with Crippen molar-refractivity contribution < 1.29 is 8.42 Å². The van der Waals surface area contributed by atoms with Crippen LogP contribution >= 0.6 is 22.9 Å². The number of hydrogen-bond acceptors (Lipinski definition) is 4. The van der Waals surface area contributed by atoms with E-state index in [1.165, 1.54) is 6.07 Å². The van der Waals surface area contributed by atoms with Crippen LogP contribution in [0.5, 0.6) is 0 Å². The highest BCUT2D eigenvalue weighted by Crippen LogP contribution is 2.20. The predicted molar refractivity (Wildman–Crippen MR) is 62.4 cm³/mol. The molecule has 0 fully saturated rings. The van der Waals surface area contributed by atoms with Crippen LogP contribution in [0.4, 0.5) is 0 Å². The highest BCUT2D eigenvalue weighted by Gasteiger charge is 2.15. The molecule has 0 unspecified atom stereocenters. The molecule has 0 saturated carbocycles. The van der Waals surface area contributed by atoms with Crippen LogP contribution in [-0.4, -0.2) is 15.0 Å². The Labute approximate surface area is 97.8 Å². The monoisotopic (exact) mass is 266 g/mol. The van der Waals surface area contributed by atoms with Crippen LogP contribution in [0.3, 0.4) is 0 Å². The lowest BCUT2D eigenvalue weighted by Gasteiger charge is -2.02. The zero-order valence-corrected chi connectivity index (χ0v) is 10.3. The number of rotatable bonds is 5. The van der Waals surface area contributed by atoms with Crippen molar-refractivity contribution in [1.82, 2.24) is 4.72 Å². The number of sulfonamides is 1. The average molecular weight is 267 g/mol. The van der Waals surface area contributed by atoms with Gasteiger partial charge in [-0.15, -0.1) is 11.3 Å². The Morgan fingerprint density at radius 2 is 2.27 bits per heavy atom. The van der Waals surface area contributed by atoms with Gasteiger partial charge in [-0.05, 0) is 12.1 Å². The SMILES string of the molecule is C=C(Cl)CNS(=O)(=O)c1ccc(CN)s1. The van der Waals surface area contributed by atoms with Crippen molar-refractivity contribution in [3.05, 3.63) is 28.6 Å². The Kier molecular flexibility index (Phi) is 4.30. The molecule has 0 spiro atoms. The smallest absolute Gasteiger partial charge is 0.250 e. The second-order valence-electron chi connectivity index (χ2n) is 2.77. The van der Waals surface area contributed by atoms with E-state index < -0.39 is 10.0 Å². The van der Waals surface area contributed by atoms with Gasteiger partial charge in [-0.2, -0.15) is 0 Å². The summed E-state index contributed by atoms with van der Waals surface area (Å²) in [4.78, 5) is 0.820. The lowest BCUT2D eigenvalue weighted by molar-refractivity contribution is 0.587. The topological polar surface area (TPSA) is 72.2 Å². The number of nitrogens with two attached hydrogens (primary N) is 1. The van der Waals surface area contributed by atoms with E-state index in [1.807, 2.05) is 0 Å². The largest absolute Gasteiger partial charge is 0.326 e. The summed E-state index contributed by atoms with van der Waals surface area (Å²) in [6.45, 7) is 3.76. The summed E-state index contributed by atoms with van der Waals surface area (Å²) in [5.74, 6) is 0. The van der Waals surface area contributed by atoms with Gasteiger partial charge in [0.1, 0.15) is 4.21 Å². The standard InChI is InChI=1S/C8H11ClN2O2S2/c1-6(9)5-11-15(12,13)8-3-2-7(4-10)14-8/h2-3,11H,1,4-5,10H2. The van der Waals surface area contributed by atoms with Crippen LogP contribution in [-0.2, 0) is 16.6 Å². The Balaban J connectivity index is 2.81. The molecular weight excluding hydrogens is 256 g/mol. The molecule has 3 N–H and O–H groups in total. The number of thiophene rings is 1. The highest BCUT2D eigenvalue weighted by atomic mass is 35.5. The molecule has 0 bridgehead atoms. The third kappa shape index (κ3) is 3.58. The van der Waals surface area contributed by atoms with E-state index in [9.17, 15) is 8.42 Å². The molecule has 1 heterocycles. The summed E-state index contributed by atoms with van der Waals surface area (Å²) < 4.78 is 25.8. The minimum atomic E-state index is -3.48. The summed E-state index contributed by atoms with van der Waals surface area (Å²) >= 11 is 6.61. The fraction of sp³-hybridized carbons (Fsp3) is 0.250. The fourth-order valence-electron chi connectivity index (χ4n) is 0.857. The first-order valence-electron chi connectivity index (χ1n) is 4.07. The molecule has 0 aromatic carbocycles. The van der Waals surface area contributed by atoms with Crippen molar-refractivity contribution in [3.8, 4) is 0 Å². The van der Waals surface area contributed by atoms with Gasteiger partial charge in [-0.25, -0.2) is 13.1 Å². The maximum absolute atomic E-state index is 11.6. The van der Waals surface area contributed by atoms with E-state index >= 15 is 0 Å². The van der Waals surface area contributed by atoms with Crippen LogP contribution in [0.25, 0.3) is 0 Å². The molecular formula is C8H11ClN2O2S2. The second-order valence-corrected chi connectivity index (χ2v) is 6.46. The molecule has 0 saturated heterocycles. The number of nitrogens with one attached hydrogen (secondary N) is 1. The van der Waals surface area contributed by atoms with E-state index in [1.54, 1.807) is 6.07 Å². The first-order chi connectivity index (χ1) is 6.95. The number of hydrogen-bond donors (Lipinski definition) is 2. The van der Waals surface area contributed by atoms with Gasteiger partial charge in [0.2, 0.25) is 10.0 Å². The molecule has 0 atom stereocenters. The summed E-state index contributed by atoms with van der Waals surface area (Å²) in [5, 5.41) is 0.245. The molecule has 15 heavy (non-hydrogen) atoms. The quantitative estimate of drug-likeness (QED) is 0.842. The van der Waals surface area contributed by atoms with Gasteiger partial charge < -0.3 is 5.73 Å². The molecule has 1 aromatic rings. The lowest BCUT2D eigenvalue weighted by Crippen LogP contribution is -2.23. The Morgan fingerprint density at radius 1 is 1.60 bits per heavy atom. The van der Waals surface area contributed by atoms with Gasteiger partial charge in [-0.1, -0.05) is 18.2 Å². The first kappa shape index (κ1) is 12.7. The van der Waals surface area contributed by atoms with E-state index in [2.05, 4.69) is 11.3 Å². The van der Waals surface area contributed by atoms with E-state index in [-0.39, 0.29) is 15.8 Å². The van der Waals surface area contributed by atoms with Crippen molar-refractivity contribution in [1.29, 1.82) is 0 Å². The molecule has 0 radical (unpaired) electrons. The molecule has 7 heteroatoms. The van der Waals surface area contributed by atoms with Gasteiger partial charge in [0.15, 0.2) is 0 Å². The molecule has 0 amide bonds. The van der Waals surface area contributed by atoms with Crippen LogP contribution in [0.15, 0.2) is 28.0 Å². The molecule has 1 rings (SSSR count). The molecule has 1 aromatic heterocycles. The average Bonchev–Trinajstić information content (AvgIpc) is 2.63. The highest BCUT2D eigenvalue weighted by molar-refractivity contribution is 7.91. The van der Waals surface area contributed by atoms with Gasteiger partial charge in [0, 0.05) is 23.0 Å². The van der Waals surface area contributed by atoms with Crippen LogP contribution in [0.2, 0.25) is 0 Å². The maximum atomic E-state index is 11.6. The summed E-state index contributed by atoms with van der Waals surface area (Å²) in [5.41, 5.74) is 5.39. The zero-order valence-electron chi connectivity index (χ0n) is 7.86. The minimum absolute atomic E-state index is 0.0275. The normalized spacial score (nSPS) is 11.6. The summed E-state index contributed by atoms with van der Waals surface area (Å²) in [6, 6.07) is 3.21. The Bertz CT molecular complexity index is 453. The van der Waals surface area contributed by atoms with Gasteiger partial charge in [0.25, 0.3) is 0 Å². The third-order valence-electron chi connectivity index (χ3n) is 1.56. The third-order valence-corrected chi connectivity index (χ3v) is 4.69. The van der Waals surface area contributed by atoms with Crippen molar-refractivity contribution in [2.24, 2.45) is 5.73 Å². The predicted octanol–water partition coefficient (Wildman–Crippen LogP) is 1.24. The first-order valence-corrected chi connectivity index (χ1v) is 6.75. The second kappa shape index (κ2) is 5.09. The van der Waals surface area contributed by atoms with Crippen molar-refractivity contribution in [2.45, 2.75) is 10.8 Å². The van der Waals surface area contributed by atoms with Gasteiger partial charge >= 0.3 is 0 Å². The van der Waals surface area contributed by atoms with Crippen molar-refractivity contribution in [3.63, 3.8) is 0 Å². The molecule has 4 nitrogen and oxygen atoms in total. The maximum Gasteiger partial charge on any atom is 0.250 e. The van der Waals surface area contributed by atoms with E-state index in [4.69, 9.17) is 17.3 Å². The number of halogens is 1. The van der Waals surface area contributed by atoms with E-state index in [0.29, 0.717) is 6.54 Å². The lowest BCUT2D eigenvalue weighted by atomic mass is 10.5. The van der Waals surface area contributed by atoms with E-state index in [0.717, 1.165) is 16.2 Å². The fourth-order valence-corrected chi connectivity index (χ4v) is 3.31. The zero-order chi connectivity index (χ0) is 11.5. The summed E-state index contributed by atoms with van der Waals surface area (Å²) in [6.07, 6.45) is 0. The van der Waals surface area contributed by atoms with Crippen molar-refractivity contribution in [2.75, 3.05) is 6.54 Å². The molecule has 84 valence electrons. The minimum Gasteiger partial charge on any atom is -0.326 e.